The van der Waals surface area contributed by atoms with Crippen molar-refractivity contribution in [1.29, 1.82) is 0 Å². The molecule has 0 radical (unpaired) electrons. The van der Waals surface area contributed by atoms with Crippen molar-refractivity contribution < 1.29 is 9.53 Å². The number of benzene rings is 1. The molecule has 5 nitrogen and oxygen atoms in total. The van der Waals surface area contributed by atoms with Crippen LogP contribution in [-0.4, -0.2) is 24.5 Å². The first-order valence-corrected chi connectivity index (χ1v) is 6.73. The van der Waals surface area contributed by atoms with Crippen LogP contribution in [0.2, 0.25) is 0 Å². The van der Waals surface area contributed by atoms with Gasteiger partial charge in [0, 0.05) is 18.9 Å². The van der Waals surface area contributed by atoms with Crippen LogP contribution >= 0.6 is 0 Å². The van der Waals surface area contributed by atoms with Gasteiger partial charge < -0.3 is 15.4 Å². The van der Waals surface area contributed by atoms with Gasteiger partial charge in [0.15, 0.2) is 0 Å². The Morgan fingerprint density at radius 2 is 2.00 bits per heavy atom. The van der Waals surface area contributed by atoms with Crippen molar-refractivity contribution in [2.45, 2.75) is 13.5 Å². The highest BCUT2D eigenvalue weighted by Crippen LogP contribution is 2.24. The number of carbonyl (C=O) groups excluding carboxylic acids is 1. The van der Waals surface area contributed by atoms with E-state index in [4.69, 9.17) is 4.74 Å². The van der Waals surface area contributed by atoms with E-state index in [9.17, 15) is 4.79 Å². The zero-order chi connectivity index (χ0) is 15.1. The molecule has 0 fully saturated rings. The van der Waals surface area contributed by atoms with Gasteiger partial charge in [0.05, 0.1) is 19.3 Å². The van der Waals surface area contributed by atoms with Crippen molar-refractivity contribution in [1.82, 2.24) is 10.3 Å². The Bertz CT molecular complexity index is 600. The molecule has 1 aromatic carbocycles. The Morgan fingerprint density at radius 3 is 2.71 bits per heavy atom. The lowest BCUT2D eigenvalue weighted by atomic mass is 10.2. The lowest BCUT2D eigenvalue weighted by Gasteiger charge is -2.12. The minimum atomic E-state index is -0.0737. The van der Waals surface area contributed by atoms with Crippen LogP contribution in [0.3, 0.4) is 0 Å². The number of hydrogen-bond donors (Lipinski definition) is 2. The summed E-state index contributed by atoms with van der Waals surface area (Å²) >= 11 is 0. The normalized spacial score (nSPS) is 10.0. The Morgan fingerprint density at radius 1 is 1.24 bits per heavy atom. The quantitative estimate of drug-likeness (QED) is 0.853. The van der Waals surface area contributed by atoms with Crippen molar-refractivity contribution in [2.75, 3.05) is 19.0 Å². The number of nitrogens with zero attached hydrogens (tertiary/aromatic N) is 1. The van der Waals surface area contributed by atoms with Gasteiger partial charge in [0.2, 0.25) is 5.91 Å². The van der Waals surface area contributed by atoms with E-state index < -0.39 is 0 Å². The zero-order valence-corrected chi connectivity index (χ0v) is 12.2. The highest BCUT2D eigenvalue weighted by Gasteiger charge is 2.05. The van der Waals surface area contributed by atoms with E-state index in [1.54, 1.807) is 19.5 Å². The molecule has 0 spiro atoms. The number of carbonyl (C=O) groups is 1. The predicted molar refractivity (Wildman–Crippen MR) is 82.3 cm³/mol. The summed E-state index contributed by atoms with van der Waals surface area (Å²) in [5, 5.41) is 5.94. The van der Waals surface area contributed by atoms with Gasteiger partial charge in [-0.2, -0.15) is 0 Å². The second-order valence-electron chi connectivity index (χ2n) is 4.69. The summed E-state index contributed by atoms with van der Waals surface area (Å²) in [7, 11) is 1.61. The molecule has 1 heterocycles. The van der Waals surface area contributed by atoms with Crippen LogP contribution in [0.5, 0.6) is 5.75 Å². The highest BCUT2D eigenvalue weighted by molar-refractivity contribution is 5.81. The van der Waals surface area contributed by atoms with Crippen LogP contribution < -0.4 is 15.4 Å². The van der Waals surface area contributed by atoms with Gasteiger partial charge in [-0.3, -0.25) is 9.78 Å². The summed E-state index contributed by atoms with van der Waals surface area (Å²) in [4.78, 5) is 15.8. The SMILES string of the molecule is COc1ccc(C)cc1NCC(=O)NCc1ccncc1. The first-order valence-electron chi connectivity index (χ1n) is 6.73. The van der Waals surface area contributed by atoms with Crippen molar-refractivity contribution in [3.8, 4) is 5.75 Å². The van der Waals surface area contributed by atoms with Gasteiger partial charge in [-0.1, -0.05) is 6.07 Å². The van der Waals surface area contributed by atoms with Crippen LogP contribution in [-0.2, 0) is 11.3 Å². The molecular weight excluding hydrogens is 266 g/mol. The van der Waals surface area contributed by atoms with E-state index in [0.29, 0.717) is 6.54 Å². The second-order valence-corrected chi connectivity index (χ2v) is 4.69. The van der Waals surface area contributed by atoms with Gasteiger partial charge in [-0.15, -0.1) is 0 Å². The summed E-state index contributed by atoms with van der Waals surface area (Å²) in [6.45, 7) is 2.69. The topological polar surface area (TPSA) is 63.2 Å². The van der Waals surface area contributed by atoms with Crippen molar-refractivity contribution in [3.63, 3.8) is 0 Å². The Hall–Kier alpha value is -2.56. The third kappa shape index (κ3) is 4.49. The molecule has 2 aromatic rings. The molecule has 2 N–H and O–H groups in total. The largest absolute Gasteiger partial charge is 0.495 e. The molecule has 5 heteroatoms. The van der Waals surface area contributed by atoms with Crippen LogP contribution in [0.1, 0.15) is 11.1 Å². The van der Waals surface area contributed by atoms with Gasteiger partial charge >= 0.3 is 0 Å². The molecule has 0 saturated heterocycles. The van der Waals surface area contributed by atoms with Crippen LogP contribution in [0.15, 0.2) is 42.7 Å². The van der Waals surface area contributed by atoms with E-state index in [1.807, 2.05) is 37.3 Å². The number of pyridine rings is 1. The standard InChI is InChI=1S/C16H19N3O2/c1-12-3-4-15(21-2)14(9-12)18-11-16(20)19-10-13-5-7-17-8-6-13/h3-9,18H,10-11H2,1-2H3,(H,19,20). The molecule has 0 aliphatic heterocycles. The fraction of sp³-hybridized carbons (Fsp3) is 0.250. The van der Waals surface area contributed by atoms with Crippen LogP contribution in [0, 0.1) is 6.92 Å². The molecule has 21 heavy (non-hydrogen) atoms. The average Bonchev–Trinajstić information content (AvgIpc) is 2.52. The fourth-order valence-electron chi connectivity index (χ4n) is 1.90. The minimum absolute atomic E-state index is 0.0737. The molecule has 2 rings (SSSR count). The van der Waals surface area contributed by atoms with E-state index in [1.165, 1.54) is 0 Å². The van der Waals surface area contributed by atoms with Crippen LogP contribution in [0.25, 0.3) is 0 Å². The number of aryl methyl sites for hydroxylation is 1. The Kier molecular flexibility index (Phi) is 5.15. The number of ether oxygens (including phenoxy) is 1. The van der Waals surface area contributed by atoms with Gasteiger partial charge in [-0.05, 0) is 42.3 Å². The lowest BCUT2D eigenvalue weighted by Crippen LogP contribution is -2.29. The Balaban J connectivity index is 1.85. The molecule has 1 amide bonds. The maximum absolute atomic E-state index is 11.8. The third-order valence-corrected chi connectivity index (χ3v) is 3.03. The van der Waals surface area contributed by atoms with Gasteiger partial charge in [0.25, 0.3) is 0 Å². The predicted octanol–water partition coefficient (Wildman–Crippen LogP) is 2.13. The smallest absolute Gasteiger partial charge is 0.239 e. The van der Waals surface area contributed by atoms with E-state index >= 15 is 0 Å². The first-order chi connectivity index (χ1) is 10.2. The number of nitrogens with one attached hydrogen (secondary N) is 2. The molecule has 0 aliphatic rings. The van der Waals surface area contributed by atoms with Crippen molar-refractivity contribution in [3.05, 3.63) is 53.9 Å². The molecular formula is C16H19N3O2. The van der Waals surface area contributed by atoms with E-state index in [-0.39, 0.29) is 12.5 Å². The first kappa shape index (κ1) is 14.8. The summed E-state index contributed by atoms with van der Waals surface area (Å²) in [6, 6.07) is 9.55. The summed E-state index contributed by atoms with van der Waals surface area (Å²) < 4.78 is 5.26. The number of hydrogen-bond acceptors (Lipinski definition) is 4. The summed E-state index contributed by atoms with van der Waals surface area (Å²) in [6.07, 6.45) is 3.41. The monoisotopic (exact) mass is 285 g/mol. The molecule has 0 aliphatic carbocycles. The summed E-state index contributed by atoms with van der Waals surface area (Å²) in [5.41, 5.74) is 2.94. The molecule has 110 valence electrons. The minimum Gasteiger partial charge on any atom is -0.495 e. The van der Waals surface area contributed by atoms with Crippen LogP contribution in [0.4, 0.5) is 5.69 Å². The van der Waals surface area contributed by atoms with Crippen molar-refractivity contribution >= 4 is 11.6 Å². The highest BCUT2D eigenvalue weighted by atomic mass is 16.5. The third-order valence-electron chi connectivity index (χ3n) is 3.03. The van der Waals surface area contributed by atoms with E-state index in [0.717, 1.165) is 22.6 Å². The fourth-order valence-corrected chi connectivity index (χ4v) is 1.90. The molecule has 0 bridgehead atoms. The van der Waals surface area contributed by atoms with Gasteiger partial charge in [-0.25, -0.2) is 0 Å². The Labute approximate surface area is 124 Å². The lowest BCUT2D eigenvalue weighted by molar-refractivity contribution is -0.119. The number of anilines is 1. The molecule has 0 saturated carbocycles. The average molecular weight is 285 g/mol. The summed E-state index contributed by atoms with van der Waals surface area (Å²) in [5.74, 6) is 0.651. The maximum atomic E-state index is 11.8. The van der Waals surface area contributed by atoms with E-state index in [2.05, 4.69) is 15.6 Å². The maximum Gasteiger partial charge on any atom is 0.239 e. The number of methoxy groups -OCH3 is 1. The molecule has 1 aromatic heterocycles. The number of rotatable bonds is 6. The van der Waals surface area contributed by atoms with Crippen molar-refractivity contribution in [2.24, 2.45) is 0 Å². The second kappa shape index (κ2) is 7.28. The van der Waals surface area contributed by atoms with Gasteiger partial charge in [0.1, 0.15) is 5.75 Å². The molecule has 0 atom stereocenters. The number of aromatic nitrogens is 1. The number of amides is 1. The zero-order valence-electron chi connectivity index (χ0n) is 12.2. The molecule has 0 unspecified atom stereocenters.